The van der Waals surface area contributed by atoms with E-state index in [1.165, 1.54) is 0 Å². The molecule has 144 valence electrons. The van der Waals surface area contributed by atoms with Gasteiger partial charge in [-0.3, -0.25) is 4.79 Å². The maximum absolute atomic E-state index is 12.6. The fourth-order valence-electron chi connectivity index (χ4n) is 4.07. The van der Waals surface area contributed by atoms with Crippen LogP contribution in [0, 0.1) is 17.4 Å². The van der Waals surface area contributed by atoms with Crippen LogP contribution in [-0.4, -0.2) is 36.9 Å². The zero-order valence-corrected chi connectivity index (χ0v) is 17.5. The Hall–Kier alpha value is -2.06. The summed E-state index contributed by atoms with van der Waals surface area (Å²) in [5.41, 5.74) is 4.26. The van der Waals surface area contributed by atoms with Crippen molar-refractivity contribution in [3.63, 3.8) is 0 Å². The highest BCUT2D eigenvalue weighted by Crippen LogP contribution is 2.39. The lowest BCUT2D eigenvalue weighted by Crippen LogP contribution is -2.48. The van der Waals surface area contributed by atoms with Crippen LogP contribution in [0.4, 0.5) is 4.79 Å². The molecule has 2 unspecified atom stereocenters. The Kier molecular flexibility index (Phi) is 6.06. The minimum Gasteiger partial charge on any atom is -0.445 e. The summed E-state index contributed by atoms with van der Waals surface area (Å²) in [6.45, 7) is 6.85. The lowest BCUT2D eigenvalue weighted by atomic mass is 9.86. The number of amides is 1. The first kappa shape index (κ1) is 19.7. The summed E-state index contributed by atoms with van der Waals surface area (Å²) >= 11 is 0. The van der Waals surface area contributed by atoms with Crippen molar-refractivity contribution >= 4 is 20.0 Å². The number of fused-ring (bicyclic) bond motifs is 2. The third kappa shape index (κ3) is 5.23. The molecule has 0 N–H and O–H groups in total. The number of ether oxygens (including phenoxy) is 1. The number of ketones is 1. The molecule has 5 heteroatoms. The van der Waals surface area contributed by atoms with Crippen LogP contribution in [0.25, 0.3) is 0 Å². The van der Waals surface area contributed by atoms with E-state index in [-0.39, 0.29) is 29.9 Å². The molecule has 1 aromatic rings. The summed E-state index contributed by atoms with van der Waals surface area (Å²) in [6.07, 6.45) is 3.56. The summed E-state index contributed by atoms with van der Waals surface area (Å²) in [5, 5.41) is 0. The van der Waals surface area contributed by atoms with E-state index in [2.05, 4.69) is 31.1 Å². The molecule has 4 nitrogen and oxygen atoms in total. The first-order chi connectivity index (χ1) is 12.8. The summed E-state index contributed by atoms with van der Waals surface area (Å²) < 4.78 is 5.53. The molecule has 2 heterocycles. The van der Waals surface area contributed by atoms with Crippen molar-refractivity contribution in [3.05, 3.63) is 35.9 Å². The number of Topliss-reactive ketones (excluding diaryl/α,β-unsaturated/α-hetero) is 1. The number of carbonyl (C=O) groups is 2. The van der Waals surface area contributed by atoms with E-state index in [1.807, 2.05) is 35.2 Å². The average molecular weight is 384 g/mol. The lowest BCUT2D eigenvalue weighted by molar-refractivity contribution is -0.124. The minimum absolute atomic E-state index is 0.0385. The molecule has 2 fully saturated rings. The summed E-state index contributed by atoms with van der Waals surface area (Å²) in [7, 11) is -1.43. The first-order valence-corrected chi connectivity index (χ1v) is 13.4. The Morgan fingerprint density at radius 1 is 1.11 bits per heavy atom. The van der Waals surface area contributed by atoms with Crippen LogP contribution in [0.1, 0.15) is 37.7 Å². The third-order valence-corrected chi connectivity index (χ3v) is 6.26. The third-order valence-electron chi connectivity index (χ3n) is 5.33. The van der Waals surface area contributed by atoms with Crippen molar-refractivity contribution < 1.29 is 14.3 Å². The number of piperidine rings is 1. The van der Waals surface area contributed by atoms with Crippen molar-refractivity contribution in [2.24, 2.45) is 5.92 Å². The average Bonchev–Trinajstić information content (AvgIpc) is 2.89. The van der Waals surface area contributed by atoms with E-state index in [1.54, 1.807) is 0 Å². The second-order valence-electron chi connectivity index (χ2n) is 8.70. The Morgan fingerprint density at radius 3 is 2.33 bits per heavy atom. The predicted molar refractivity (Wildman–Crippen MR) is 109 cm³/mol. The van der Waals surface area contributed by atoms with Crippen LogP contribution < -0.4 is 0 Å². The van der Waals surface area contributed by atoms with Crippen LogP contribution in [0.3, 0.4) is 0 Å². The van der Waals surface area contributed by atoms with Gasteiger partial charge < -0.3 is 9.64 Å². The van der Waals surface area contributed by atoms with Crippen LogP contribution >= 0.6 is 0 Å². The molecule has 2 aliphatic rings. The quantitative estimate of drug-likeness (QED) is 0.572. The zero-order chi connectivity index (χ0) is 19.4. The van der Waals surface area contributed by atoms with Gasteiger partial charge in [0.15, 0.2) is 0 Å². The van der Waals surface area contributed by atoms with E-state index < -0.39 is 8.07 Å². The second-order valence-corrected chi connectivity index (χ2v) is 13.4. The summed E-state index contributed by atoms with van der Waals surface area (Å²) in [6, 6.07) is 9.99. The Morgan fingerprint density at radius 2 is 1.74 bits per heavy atom. The predicted octanol–water partition coefficient (Wildman–Crippen LogP) is 4.41. The van der Waals surface area contributed by atoms with Gasteiger partial charge in [-0.05, 0) is 31.2 Å². The van der Waals surface area contributed by atoms with E-state index >= 15 is 0 Å². The number of hydrogen-bond acceptors (Lipinski definition) is 3. The number of rotatable bonds is 4. The fraction of sp³-hybridized carbons (Fsp3) is 0.545. The molecule has 2 aliphatic heterocycles. The van der Waals surface area contributed by atoms with E-state index in [4.69, 9.17) is 4.74 Å². The molecule has 0 radical (unpaired) electrons. The van der Waals surface area contributed by atoms with Gasteiger partial charge in [0.25, 0.3) is 0 Å². The molecule has 0 saturated carbocycles. The molecule has 1 amide bonds. The molecule has 27 heavy (non-hydrogen) atoms. The molecule has 0 aromatic heterocycles. The van der Waals surface area contributed by atoms with E-state index in [9.17, 15) is 9.59 Å². The minimum atomic E-state index is -1.43. The molecule has 3 rings (SSSR count). The first-order valence-electron chi connectivity index (χ1n) is 9.85. The molecule has 0 aliphatic carbocycles. The van der Waals surface area contributed by atoms with Gasteiger partial charge in [0.1, 0.15) is 20.5 Å². The van der Waals surface area contributed by atoms with Crippen molar-refractivity contribution in [1.29, 1.82) is 0 Å². The summed E-state index contributed by atoms with van der Waals surface area (Å²) in [5.74, 6) is 3.39. The van der Waals surface area contributed by atoms with Gasteiger partial charge in [-0.25, -0.2) is 4.79 Å². The van der Waals surface area contributed by atoms with Crippen LogP contribution in [-0.2, 0) is 16.1 Å². The Bertz CT molecular complexity index is 730. The maximum Gasteiger partial charge on any atom is 0.410 e. The molecule has 1 aromatic carbocycles. The maximum atomic E-state index is 12.6. The molecule has 2 atom stereocenters. The molecular weight excluding hydrogens is 354 g/mol. The Labute approximate surface area is 163 Å². The lowest BCUT2D eigenvalue weighted by Gasteiger charge is -2.37. The van der Waals surface area contributed by atoms with Gasteiger partial charge in [-0.15, -0.1) is 11.5 Å². The van der Waals surface area contributed by atoms with E-state index in [0.29, 0.717) is 13.0 Å². The van der Waals surface area contributed by atoms with Gasteiger partial charge in [-0.2, -0.15) is 0 Å². The van der Waals surface area contributed by atoms with Crippen LogP contribution in [0.15, 0.2) is 30.3 Å². The second kappa shape index (κ2) is 8.31. The van der Waals surface area contributed by atoms with Gasteiger partial charge >= 0.3 is 6.09 Å². The standard InChI is InChI=1S/C22H29NO3Si/c1-27(2,3)13-7-10-21(24)18-14-19-11-12-20(15-18)23(19)22(25)26-16-17-8-5-4-6-9-17/h4-6,8-9,18-20H,10-12,14-16H2,1-3H3. The van der Waals surface area contributed by atoms with Crippen molar-refractivity contribution in [2.75, 3.05) is 0 Å². The number of benzene rings is 1. The van der Waals surface area contributed by atoms with Gasteiger partial charge in [0.2, 0.25) is 0 Å². The summed E-state index contributed by atoms with van der Waals surface area (Å²) in [4.78, 5) is 27.0. The van der Waals surface area contributed by atoms with Gasteiger partial charge in [0.05, 0.1) is 6.42 Å². The van der Waals surface area contributed by atoms with Crippen molar-refractivity contribution in [2.45, 2.75) is 70.4 Å². The molecule has 2 saturated heterocycles. The highest BCUT2D eigenvalue weighted by atomic mass is 28.3. The number of nitrogens with zero attached hydrogens (tertiary/aromatic N) is 1. The fourth-order valence-corrected chi connectivity index (χ4v) is 4.69. The monoisotopic (exact) mass is 383 g/mol. The Balaban J connectivity index is 1.54. The highest BCUT2D eigenvalue weighted by Gasteiger charge is 2.45. The van der Waals surface area contributed by atoms with Crippen LogP contribution in [0.2, 0.25) is 19.6 Å². The largest absolute Gasteiger partial charge is 0.445 e. The molecular formula is C22H29NO3Si. The van der Waals surface area contributed by atoms with Gasteiger partial charge in [0, 0.05) is 18.0 Å². The van der Waals surface area contributed by atoms with Crippen molar-refractivity contribution in [1.82, 2.24) is 4.90 Å². The zero-order valence-electron chi connectivity index (χ0n) is 16.5. The van der Waals surface area contributed by atoms with Crippen molar-refractivity contribution in [3.8, 4) is 11.5 Å². The normalized spacial score (nSPS) is 24.1. The van der Waals surface area contributed by atoms with E-state index in [0.717, 1.165) is 31.2 Å². The molecule has 2 bridgehead atoms. The SMILES string of the molecule is C[Si](C)(C)C#CCC(=O)C1CC2CCC(C1)N2C(=O)OCc1ccccc1. The number of carbonyl (C=O) groups excluding carboxylic acids is 2. The number of hydrogen-bond donors (Lipinski definition) is 0. The smallest absolute Gasteiger partial charge is 0.410 e. The molecule has 0 spiro atoms. The van der Waals surface area contributed by atoms with Gasteiger partial charge in [-0.1, -0.05) is 50.0 Å². The highest BCUT2D eigenvalue weighted by molar-refractivity contribution is 6.83. The van der Waals surface area contributed by atoms with Crippen LogP contribution in [0.5, 0.6) is 0 Å². The topological polar surface area (TPSA) is 46.6 Å².